The van der Waals surface area contributed by atoms with Crippen molar-refractivity contribution in [3.05, 3.63) is 18.5 Å². The second kappa shape index (κ2) is 11.1. The molecule has 2 atom stereocenters. The van der Waals surface area contributed by atoms with E-state index in [4.69, 9.17) is 0 Å². The molecule has 6 nitrogen and oxygen atoms in total. The second-order valence-electron chi connectivity index (χ2n) is 7.37. The number of aromatic nitrogens is 2. The van der Waals surface area contributed by atoms with Gasteiger partial charge in [0, 0.05) is 51.7 Å². The van der Waals surface area contributed by atoms with Gasteiger partial charge < -0.3 is 15.5 Å². The molecule has 0 bridgehead atoms. The van der Waals surface area contributed by atoms with Crippen LogP contribution in [0.2, 0.25) is 0 Å². The van der Waals surface area contributed by atoms with Gasteiger partial charge >= 0.3 is 0 Å². The van der Waals surface area contributed by atoms with Gasteiger partial charge in [-0.15, -0.1) is 0 Å². The molecule has 6 heteroatoms. The molecule has 0 amide bonds. The highest BCUT2D eigenvalue weighted by Crippen LogP contribution is 2.20. The molecule has 2 unspecified atom stereocenters. The van der Waals surface area contributed by atoms with Crippen LogP contribution in [0, 0.1) is 11.8 Å². The van der Waals surface area contributed by atoms with E-state index in [0.717, 1.165) is 56.8 Å². The highest BCUT2D eigenvalue weighted by molar-refractivity contribution is 5.79. The van der Waals surface area contributed by atoms with Gasteiger partial charge in [-0.25, -0.2) is 0 Å². The average Bonchev–Trinajstić information content (AvgIpc) is 3.08. The molecular formula is C19H36N6. The van der Waals surface area contributed by atoms with Gasteiger partial charge in [-0.1, -0.05) is 13.8 Å². The highest BCUT2D eigenvalue weighted by Gasteiger charge is 2.20. The quantitative estimate of drug-likeness (QED) is 0.408. The van der Waals surface area contributed by atoms with Crippen molar-refractivity contribution in [3.8, 4) is 0 Å². The van der Waals surface area contributed by atoms with Gasteiger partial charge in [0.15, 0.2) is 5.96 Å². The summed E-state index contributed by atoms with van der Waals surface area (Å²) < 4.78 is 1.95. The number of piperidine rings is 1. The molecule has 2 rings (SSSR count). The number of nitrogens with zero attached hydrogens (tertiary/aromatic N) is 4. The Bertz CT molecular complexity index is 474. The third kappa shape index (κ3) is 7.90. The third-order valence-electron chi connectivity index (χ3n) is 4.61. The predicted octanol–water partition coefficient (Wildman–Crippen LogP) is 2.20. The van der Waals surface area contributed by atoms with Crippen LogP contribution in [0.5, 0.6) is 0 Å². The summed E-state index contributed by atoms with van der Waals surface area (Å²) in [6.07, 6.45) is 7.36. The lowest BCUT2D eigenvalue weighted by atomic mass is 9.92. The second-order valence-corrected chi connectivity index (χ2v) is 7.37. The molecule has 2 N–H and O–H groups in total. The van der Waals surface area contributed by atoms with Gasteiger partial charge in [-0.2, -0.15) is 5.10 Å². The zero-order chi connectivity index (χ0) is 17.9. The Labute approximate surface area is 153 Å². The van der Waals surface area contributed by atoms with E-state index in [-0.39, 0.29) is 0 Å². The molecule has 1 aromatic rings. The van der Waals surface area contributed by atoms with Crippen molar-refractivity contribution in [2.24, 2.45) is 16.8 Å². The molecule has 0 spiro atoms. The molecule has 1 saturated heterocycles. The number of hydrogen-bond acceptors (Lipinski definition) is 3. The van der Waals surface area contributed by atoms with Crippen molar-refractivity contribution in [2.75, 3.05) is 39.3 Å². The summed E-state index contributed by atoms with van der Waals surface area (Å²) in [5.74, 6) is 2.61. The van der Waals surface area contributed by atoms with E-state index in [1.165, 1.54) is 26.1 Å². The van der Waals surface area contributed by atoms with Crippen molar-refractivity contribution in [1.82, 2.24) is 25.3 Å². The normalized spacial score (nSPS) is 22.1. The minimum Gasteiger partial charge on any atom is -0.357 e. The van der Waals surface area contributed by atoms with Crippen molar-refractivity contribution in [1.29, 1.82) is 0 Å². The largest absolute Gasteiger partial charge is 0.357 e. The fraction of sp³-hybridized carbons (Fsp3) is 0.789. The van der Waals surface area contributed by atoms with Crippen LogP contribution in [-0.2, 0) is 6.54 Å². The van der Waals surface area contributed by atoms with E-state index >= 15 is 0 Å². The summed E-state index contributed by atoms with van der Waals surface area (Å²) in [5, 5.41) is 11.0. The maximum absolute atomic E-state index is 4.66. The van der Waals surface area contributed by atoms with Gasteiger partial charge in [0.1, 0.15) is 0 Å². The fourth-order valence-electron chi connectivity index (χ4n) is 3.68. The summed E-state index contributed by atoms with van der Waals surface area (Å²) in [6.45, 7) is 14.2. The van der Waals surface area contributed by atoms with E-state index in [0.29, 0.717) is 0 Å². The number of nitrogens with one attached hydrogen (secondary N) is 2. The van der Waals surface area contributed by atoms with Crippen LogP contribution in [-0.4, -0.2) is 59.9 Å². The summed E-state index contributed by atoms with van der Waals surface area (Å²) in [7, 11) is 0. The first-order valence-corrected chi connectivity index (χ1v) is 9.89. The smallest absolute Gasteiger partial charge is 0.191 e. The van der Waals surface area contributed by atoms with Crippen LogP contribution in [0.4, 0.5) is 0 Å². The molecule has 142 valence electrons. The van der Waals surface area contributed by atoms with Crippen LogP contribution >= 0.6 is 0 Å². The van der Waals surface area contributed by atoms with Crippen LogP contribution in [0.25, 0.3) is 0 Å². The first kappa shape index (κ1) is 19.8. The lowest BCUT2D eigenvalue weighted by Crippen LogP contribution is -2.41. The first-order valence-electron chi connectivity index (χ1n) is 9.89. The van der Waals surface area contributed by atoms with Gasteiger partial charge in [-0.3, -0.25) is 9.67 Å². The van der Waals surface area contributed by atoms with E-state index in [1.54, 1.807) is 0 Å². The van der Waals surface area contributed by atoms with Crippen molar-refractivity contribution in [3.63, 3.8) is 0 Å². The zero-order valence-electron chi connectivity index (χ0n) is 16.2. The lowest BCUT2D eigenvalue weighted by Gasteiger charge is -2.35. The van der Waals surface area contributed by atoms with Crippen LogP contribution in [0.1, 0.15) is 40.0 Å². The zero-order valence-corrected chi connectivity index (χ0v) is 16.2. The topological polar surface area (TPSA) is 57.5 Å². The number of aliphatic imine (C=N–C) groups is 1. The Balaban J connectivity index is 1.62. The van der Waals surface area contributed by atoms with E-state index in [9.17, 15) is 0 Å². The number of rotatable bonds is 9. The van der Waals surface area contributed by atoms with Crippen molar-refractivity contribution >= 4 is 5.96 Å². The summed E-state index contributed by atoms with van der Waals surface area (Å²) in [4.78, 5) is 7.28. The molecule has 1 fully saturated rings. The highest BCUT2D eigenvalue weighted by atomic mass is 15.3. The Hall–Kier alpha value is -1.56. The number of hydrogen-bond donors (Lipinski definition) is 2. The molecule has 1 aliphatic heterocycles. The number of aryl methyl sites for hydroxylation is 1. The molecule has 1 aliphatic rings. The molecule has 0 saturated carbocycles. The fourth-order valence-corrected chi connectivity index (χ4v) is 3.68. The Morgan fingerprint density at radius 2 is 1.96 bits per heavy atom. The minimum absolute atomic E-state index is 0.816. The summed E-state index contributed by atoms with van der Waals surface area (Å²) >= 11 is 0. The standard InChI is InChI=1S/C19H36N6/c1-4-20-19(22-9-6-12-25-13-7-10-23-25)21-8-5-11-24-15-17(2)14-18(3)16-24/h7,10,13,17-18H,4-6,8-9,11-12,14-16H2,1-3H3,(H2,20,21,22). The summed E-state index contributed by atoms with van der Waals surface area (Å²) in [5.41, 5.74) is 0. The molecule has 0 aromatic carbocycles. The van der Waals surface area contributed by atoms with Gasteiger partial charge in [0.25, 0.3) is 0 Å². The van der Waals surface area contributed by atoms with E-state index in [2.05, 4.69) is 46.4 Å². The van der Waals surface area contributed by atoms with Crippen molar-refractivity contribution in [2.45, 2.75) is 46.6 Å². The summed E-state index contributed by atoms with van der Waals surface area (Å²) in [6, 6.07) is 1.96. The average molecular weight is 349 g/mol. The van der Waals surface area contributed by atoms with Gasteiger partial charge in [0.2, 0.25) is 0 Å². The van der Waals surface area contributed by atoms with Gasteiger partial charge in [-0.05, 0) is 50.6 Å². The molecule has 25 heavy (non-hydrogen) atoms. The Morgan fingerprint density at radius 3 is 2.64 bits per heavy atom. The predicted molar refractivity (Wildman–Crippen MR) is 105 cm³/mol. The molecule has 0 aliphatic carbocycles. The molecule has 1 aromatic heterocycles. The maximum atomic E-state index is 4.66. The lowest BCUT2D eigenvalue weighted by molar-refractivity contribution is 0.140. The molecular weight excluding hydrogens is 312 g/mol. The van der Waals surface area contributed by atoms with E-state index in [1.807, 2.05) is 23.1 Å². The molecule has 2 heterocycles. The van der Waals surface area contributed by atoms with E-state index < -0.39 is 0 Å². The number of likely N-dealkylation sites (tertiary alicyclic amines) is 1. The maximum Gasteiger partial charge on any atom is 0.191 e. The molecule has 0 radical (unpaired) electrons. The Morgan fingerprint density at radius 1 is 1.16 bits per heavy atom. The third-order valence-corrected chi connectivity index (χ3v) is 4.61. The van der Waals surface area contributed by atoms with Crippen molar-refractivity contribution < 1.29 is 0 Å². The first-order chi connectivity index (χ1) is 12.2. The van der Waals surface area contributed by atoms with Crippen LogP contribution < -0.4 is 10.6 Å². The monoisotopic (exact) mass is 348 g/mol. The van der Waals surface area contributed by atoms with Crippen LogP contribution in [0.15, 0.2) is 23.5 Å². The Kier molecular flexibility index (Phi) is 8.80. The number of guanidine groups is 1. The minimum atomic E-state index is 0.816. The van der Waals surface area contributed by atoms with Crippen LogP contribution in [0.3, 0.4) is 0 Å². The SMILES string of the molecule is CCNC(=NCCCn1cccn1)NCCCN1CC(C)CC(C)C1. The van der Waals surface area contributed by atoms with Gasteiger partial charge in [0.05, 0.1) is 0 Å².